The maximum absolute atomic E-state index is 12.0. The summed E-state index contributed by atoms with van der Waals surface area (Å²) < 4.78 is 0. The summed E-state index contributed by atoms with van der Waals surface area (Å²) in [6.45, 7) is 7.04. The molecule has 2 aromatic carbocycles. The molecule has 5 rings (SSSR count). The van der Waals surface area contributed by atoms with Crippen LogP contribution in [0.5, 0.6) is 0 Å². The van der Waals surface area contributed by atoms with E-state index in [1.807, 2.05) is 44.2 Å². The van der Waals surface area contributed by atoms with Crippen LogP contribution in [0.4, 0.5) is 5.82 Å². The first-order valence-corrected chi connectivity index (χ1v) is 10.9. The van der Waals surface area contributed by atoms with Gasteiger partial charge in [0.1, 0.15) is 5.84 Å². The molecule has 8 nitrogen and oxygen atoms in total. The number of amides is 1. The summed E-state index contributed by atoms with van der Waals surface area (Å²) in [6.07, 6.45) is 1.84. The molecule has 0 saturated heterocycles. The van der Waals surface area contributed by atoms with Gasteiger partial charge in [0.25, 0.3) is 11.5 Å². The maximum Gasteiger partial charge on any atom is 0.272 e. The van der Waals surface area contributed by atoms with Crippen LogP contribution in [0.15, 0.2) is 46.2 Å². The van der Waals surface area contributed by atoms with Crippen LogP contribution in [0.25, 0.3) is 10.8 Å². The van der Waals surface area contributed by atoms with Gasteiger partial charge in [-0.2, -0.15) is 5.10 Å². The van der Waals surface area contributed by atoms with Crippen LogP contribution in [0.1, 0.15) is 39.9 Å². The summed E-state index contributed by atoms with van der Waals surface area (Å²) in [6, 6.07) is 11.5. The molecule has 0 saturated carbocycles. The van der Waals surface area contributed by atoms with Gasteiger partial charge in [-0.05, 0) is 56.5 Å². The van der Waals surface area contributed by atoms with Crippen LogP contribution in [-0.4, -0.2) is 53.0 Å². The van der Waals surface area contributed by atoms with E-state index in [4.69, 9.17) is 5.73 Å². The predicted molar refractivity (Wildman–Crippen MR) is 127 cm³/mol. The van der Waals surface area contributed by atoms with Crippen molar-refractivity contribution < 1.29 is 4.79 Å². The molecule has 0 bridgehead atoms. The van der Waals surface area contributed by atoms with Crippen LogP contribution < -0.4 is 16.6 Å². The second-order valence-corrected chi connectivity index (χ2v) is 7.98. The summed E-state index contributed by atoms with van der Waals surface area (Å²) in [5.41, 5.74) is 9.32. The molecule has 0 aliphatic carbocycles. The molecule has 32 heavy (non-hydrogen) atoms. The maximum atomic E-state index is 12.0. The van der Waals surface area contributed by atoms with Crippen molar-refractivity contribution in [1.29, 1.82) is 0 Å². The minimum atomic E-state index is -0.159. The number of fused-ring (bicyclic) bond motifs is 4. The molecule has 0 unspecified atom stereocenters. The van der Waals surface area contributed by atoms with E-state index >= 15 is 0 Å². The van der Waals surface area contributed by atoms with E-state index in [0.717, 1.165) is 66.0 Å². The average Bonchev–Trinajstić information content (AvgIpc) is 3.10. The Kier molecular flexibility index (Phi) is 6.32. The molecule has 0 fully saturated rings. The lowest BCUT2D eigenvalue weighted by Gasteiger charge is -2.21. The van der Waals surface area contributed by atoms with Gasteiger partial charge >= 0.3 is 0 Å². The topological polar surface area (TPSA) is 116 Å². The molecule has 1 amide bonds. The standard InChI is InChI=1S/C12H16N4O.C12H12N2O/c1-8-4-2-5-9-10(8)11(14-7-3-6-13)15-16-12(9)17;1-8-4-2-5-9-10(8)11-13-6-3-7-14(11)12(9)15/h2,4-5H,3,6-7,13H2,1H3,(H,14,15)(H,16,17);2,4-5H,3,6-7H2,1H3. The lowest BCUT2D eigenvalue weighted by atomic mass is 10.0. The smallest absolute Gasteiger partial charge is 0.272 e. The molecule has 3 heterocycles. The van der Waals surface area contributed by atoms with E-state index in [1.165, 1.54) is 0 Å². The minimum Gasteiger partial charge on any atom is -0.368 e. The first-order chi connectivity index (χ1) is 15.5. The van der Waals surface area contributed by atoms with Gasteiger partial charge in [0.15, 0.2) is 5.82 Å². The molecule has 0 atom stereocenters. The molecule has 2 aliphatic rings. The SMILES string of the molecule is Cc1cccc2c(=O)[nH]nc(NCCCN)c12.Cc1cccc2c1C1=NCCCN1C2=O. The number of H-pyrrole nitrogens is 1. The predicted octanol–water partition coefficient (Wildman–Crippen LogP) is 2.59. The number of aliphatic imine (C=N–C) groups is 1. The Labute approximate surface area is 186 Å². The fourth-order valence-corrected chi connectivity index (χ4v) is 4.14. The zero-order valence-corrected chi connectivity index (χ0v) is 18.4. The van der Waals surface area contributed by atoms with Crippen LogP contribution in [0.3, 0.4) is 0 Å². The average molecular weight is 433 g/mol. The number of anilines is 1. The highest BCUT2D eigenvalue weighted by Crippen LogP contribution is 2.28. The summed E-state index contributed by atoms with van der Waals surface area (Å²) in [4.78, 5) is 29.9. The van der Waals surface area contributed by atoms with Gasteiger partial charge in [-0.3, -0.25) is 19.5 Å². The number of carbonyl (C=O) groups excluding carboxylic acids is 1. The number of hydrogen-bond donors (Lipinski definition) is 3. The molecule has 8 heteroatoms. The Morgan fingerprint density at radius 3 is 2.72 bits per heavy atom. The van der Waals surface area contributed by atoms with Gasteiger partial charge in [0.2, 0.25) is 0 Å². The zero-order valence-electron chi connectivity index (χ0n) is 18.4. The molecular formula is C24H28N6O2. The second-order valence-electron chi connectivity index (χ2n) is 7.98. The molecular weight excluding hydrogens is 404 g/mol. The largest absolute Gasteiger partial charge is 0.368 e. The molecule has 3 aromatic rings. The Morgan fingerprint density at radius 2 is 1.91 bits per heavy atom. The fourth-order valence-electron chi connectivity index (χ4n) is 4.14. The Hall–Kier alpha value is -3.52. The second kappa shape index (κ2) is 9.32. The lowest BCUT2D eigenvalue weighted by Crippen LogP contribution is -2.34. The summed E-state index contributed by atoms with van der Waals surface area (Å²) in [5, 5.41) is 11.3. The van der Waals surface area contributed by atoms with Crippen molar-refractivity contribution in [2.75, 3.05) is 31.5 Å². The normalized spacial score (nSPS) is 14.4. The van der Waals surface area contributed by atoms with E-state index < -0.39 is 0 Å². The Balaban J connectivity index is 0.000000154. The van der Waals surface area contributed by atoms with E-state index in [9.17, 15) is 9.59 Å². The fraction of sp³-hybridized carbons (Fsp3) is 0.333. The number of aromatic nitrogens is 2. The van der Waals surface area contributed by atoms with E-state index in [0.29, 0.717) is 17.7 Å². The molecule has 2 aliphatic heterocycles. The highest BCUT2D eigenvalue weighted by Gasteiger charge is 2.35. The number of carbonyl (C=O) groups is 1. The van der Waals surface area contributed by atoms with Crippen LogP contribution >= 0.6 is 0 Å². The number of benzene rings is 2. The van der Waals surface area contributed by atoms with Crippen molar-refractivity contribution >= 4 is 28.3 Å². The van der Waals surface area contributed by atoms with Crippen molar-refractivity contribution in [3.63, 3.8) is 0 Å². The van der Waals surface area contributed by atoms with Gasteiger partial charge in [0, 0.05) is 30.6 Å². The monoisotopic (exact) mass is 432 g/mol. The van der Waals surface area contributed by atoms with Gasteiger partial charge in [0.05, 0.1) is 10.9 Å². The van der Waals surface area contributed by atoms with Gasteiger partial charge in [-0.1, -0.05) is 24.3 Å². The molecule has 4 N–H and O–H groups in total. The number of aromatic amines is 1. The number of amidine groups is 1. The molecule has 1 aromatic heterocycles. The van der Waals surface area contributed by atoms with E-state index in [-0.39, 0.29) is 11.5 Å². The highest BCUT2D eigenvalue weighted by atomic mass is 16.2. The number of hydrogen-bond acceptors (Lipinski definition) is 6. The summed E-state index contributed by atoms with van der Waals surface area (Å²) in [7, 11) is 0. The third kappa shape index (κ3) is 4.01. The number of rotatable bonds is 4. The highest BCUT2D eigenvalue weighted by molar-refractivity contribution is 6.24. The van der Waals surface area contributed by atoms with Crippen LogP contribution in [0.2, 0.25) is 0 Å². The number of nitrogens with two attached hydrogens (primary N) is 1. The van der Waals surface area contributed by atoms with Crippen molar-refractivity contribution in [2.45, 2.75) is 26.7 Å². The van der Waals surface area contributed by atoms with Crippen molar-refractivity contribution in [3.05, 3.63) is 69.0 Å². The number of nitrogens with zero attached hydrogens (tertiary/aromatic N) is 3. The van der Waals surface area contributed by atoms with Crippen LogP contribution in [0, 0.1) is 13.8 Å². The van der Waals surface area contributed by atoms with Gasteiger partial charge in [-0.15, -0.1) is 0 Å². The number of nitrogens with one attached hydrogen (secondary N) is 2. The quantitative estimate of drug-likeness (QED) is 0.548. The molecule has 0 radical (unpaired) electrons. The van der Waals surface area contributed by atoms with Gasteiger partial charge < -0.3 is 11.1 Å². The minimum absolute atomic E-state index is 0.118. The zero-order chi connectivity index (χ0) is 22.7. The third-order valence-electron chi connectivity index (χ3n) is 5.73. The lowest BCUT2D eigenvalue weighted by molar-refractivity contribution is 0.0855. The van der Waals surface area contributed by atoms with E-state index in [2.05, 4.69) is 20.5 Å². The molecule has 0 spiro atoms. The van der Waals surface area contributed by atoms with Gasteiger partial charge in [-0.25, -0.2) is 5.10 Å². The first-order valence-electron chi connectivity index (χ1n) is 10.9. The van der Waals surface area contributed by atoms with Crippen molar-refractivity contribution in [1.82, 2.24) is 15.1 Å². The first kappa shape index (κ1) is 21.7. The van der Waals surface area contributed by atoms with Crippen molar-refractivity contribution in [2.24, 2.45) is 10.7 Å². The Bertz CT molecular complexity index is 1250. The molecule has 166 valence electrons. The van der Waals surface area contributed by atoms with E-state index in [1.54, 1.807) is 11.0 Å². The summed E-state index contributed by atoms with van der Waals surface area (Å²) >= 11 is 0. The summed E-state index contributed by atoms with van der Waals surface area (Å²) in [5.74, 6) is 1.72. The van der Waals surface area contributed by atoms with Crippen LogP contribution in [-0.2, 0) is 0 Å². The van der Waals surface area contributed by atoms with Crippen molar-refractivity contribution in [3.8, 4) is 0 Å². The third-order valence-corrected chi connectivity index (χ3v) is 5.73. The number of aryl methyl sites for hydroxylation is 2. The Morgan fingerprint density at radius 1 is 1.12 bits per heavy atom.